The standard InChI is InChI=1S/C10H14FNO2/c1-2-14-6-10(13)8-5-7(11)3-4-9(8)12/h3-5,10,13H,2,6,12H2,1H3. The Kier molecular flexibility index (Phi) is 3.85. The van der Waals surface area contributed by atoms with Gasteiger partial charge in [-0.3, -0.25) is 0 Å². The minimum absolute atomic E-state index is 0.129. The Hall–Kier alpha value is -1.13. The fourth-order valence-electron chi connectivity index (χ4n) is 1.15. The lowest BCUT2D eigenvalue weighted by molar-refractivity contribution is 0.0422. The van der Waals surface area contributed by atoms with Crippen molar-refractivity contribution in [1.82, 2.24) is 0 Å². The molecule has 1 unspecified atom stereocenters. The molecule has 0 aliphatic rings. The van der Waals surface area contributed by atoms with Crippen LogP contribution in [0.15, 0.2) is 18.2 Å². The number of rotatable bonds is 4. The Morgan fingerprint density at radius 3 is 2.93 bits per heavy atom. The maximum Gasteiger partial charge on any atom is 0.123 e. The fraction of sp³-hybridized carbons (Fsp3) is 0.400. The number of benzene rings is 1. The van der Waals surface area contributed by atoms with Crippen LogP contribution >= 0.6 is 0 Å². The molecule has 1 rings (SSSR count). The molecular weight excluding hydrogens is 185 g/mol. The predicted octanol–water partition coefficient (Wildman–Crippen LogP) is 1.48. The summed E-state index contributed by atoms with van der Waals surface area (Å²) < 4.78 is 17.8. The van der Waals surface area contributed by atoms with E-state index in [0.29, 0.717) is 17.9 Å². The summed E-state index contributed by atoms with van der Waals surface area (Å²) in [4.78, 5) is 0. The molecule has 0 heterocycles. The summed E-state index contributed by atoms with van der Waals surface area (Å²) in [6.07, 6.45) is -0.870. The molecule has 14 heavy (non-hydrogen) atoms. The molecule has 0 spiro atoms. The van der Waals surface area contributed by atoms with E-state index in [1.165, 1.54) is 18.2 Å². The Balaban J connectivity index is 2.77. The van der Waals surface area contributed by atoms with Crippen LogP contribution in [0.2, 0.25) is 0 Å². The van der Waals surface area contributed by atoms with Crippen molar-refractivity contribution in [3.63, 3.8) is 0 Å². The van der Waals surface area contributed by atoms with E-state index in [1.54, 1.807) is 0 Å². The largest absolute Gasteiger partial charge is 0.398 e. The molecule has 4 heteroatoms. The molecule has 0 aromatic heterocycles. The van der Waals surface area contributed by atoms with Crippen LogP contribution in [0.5, 0.6) is 0 Å². The second kappa shape index (κ2) is 4.93. The van der Waals surface area contributed by atoms with E-state index in [9.17, 15) is 9.50 Å². The Morgan fingerprint density at radius 1 is 1.57 bits per heavy atom. The number of hydrogen-bond acceptors (Lipinski definition) is 3. The summed E-state index contributed by atoms with van der Waals surface area (Å²) in [5.74, 6) is -0.412. The molecule has 0 saturated carbocycles. The summed E-state index contributed by atoms with van der Waals surface area (Å²) in [5.41, 5.74) is 6.33. The second-order valence-corrected chi connectivity index (χ2v) is 2.95. The average Bonchev–Trinajstić information content (AvgIpc) is 2.18. The summed E-state index contributed by atoms with van der Waals surface area (Å²) in [5, 5.41) is 9.59. The van der Waals surface area contributed by atoms with E-state index in [4.69, 9.17) is 10.5 Å². The lowest BCUT2D eigenvalue weighted by Crippen LogP contribution is -2.09. The lowest BCUT2D eigenvalue weighted by atomic mass is 10.1. The third kappa shape index (κ3) is 2.68. The predicted molar refractivity (Wildman–Crippen MR) is 52.3 cm³/mol. The molecular formula is C10H14FNO2. The van der Waals surface area contributed by atoms with Crippen LogP contribution in [0, 0.1) is 5.82 Å². The zero-order valence-electron chi connectivity index (χ0n) is 8.03. The number of aliphatic hydroxyl groups is 1. The third-order valence-electron chi connectivity index (χ3n) is 1.89. The summed E-state index contributed by atoms with van der Waals surface area (Å²) in [7, 11) is 0. The molecule has 0 amide bonds. The molecule has 0 aliphatic heterocycles. The van der Waals surface area contributed by atoms with E-state index in [-0.39, 0.29) is 6.61 Å². The van der Waals surface area contributed by atoms with Crippen LogP contribution in [0.25, 0.3) is 0 Å². The summed E-state index contributed by atoms with van der Waals surface area (Å²) >= 11 is 0. The first-order valence-corrected chi connectivity index (χ1v) is 4.46. The van der Waals surface area contributed by atoms with E-state index in [1.807, 2.05) is 6.92 Å². The number of ether oxygens (including phenoxy) is 1. The minimum Gasteiger partial charge on any atom is -0.398 e. The number of nitrogen functional groups attached to an aromatic ring is 1. The van der Waals surface area contributed by atoms with Gasteiger partial charge in [0.1, 0.15) is 11.9 Å². The van der Waals surface area contributed by atoms with Gasteiger partial charge in [-0.2, -0.15) is 0 Å². The smallest absolute Gasteiger partial charge is 0.123 e. The first kappa shape index (κ1) is 10.9. The number of aliphatic hydroxyl groups excluding tert-OH is 1. The fourth-order valence-corrected chi connectivity index (χ4v) is 1.15. The van der Waals surface area contributed by atoms with Crippen molar-refractivity contribution in [2.24, 2.45) is 0 Å². The number of hydrogen-bond donors (Lipinski definition) is 2. The molecule has 0 radical (unpaired) electrons. The van der Waals surface area contributed by atoms with Crippen molar-refractivity contribution in [2.45, 2.75) is 13.0 Å². The van der Waals surface area contributed by atoms with Gasteiger partial charge >= 0.3 is 0 Å². The van der Waals surface area contributed by atoms with Crippen LogP contribution in [-0.4, -0.2) is 18.3 Å². The lowest BCUT2D eigenvalue weighted by Gasteiger charge is -2.13. The molecule has 3 nitrogen and oxygen atoms in total. The van der Waals surface area contributed by atoms with Gasteiger partial charge in [-0.15, -0.1) is 0 Å². The van der Waals surface area contributed by atoms with Gasteiger partial charge in [0.05, 0.1) is 6.61 Å². The Bertz CT molecular complexity index is 304. The molecule has 0 bridgehead atoms. The minimum atomic E-state index is -0.870. The van der Waals surface area contributed by atoms with Crippen LogP contribution in [-0.2, 0) is 4.74 Å². The number of nitrogens with two attached hydrogens (primary N) is 1. The molecule has 78 valence electrons. The van der Waals surface area contributed by atoms with Crippen LogP contribution < -0.4 is 5.73 Å². The van der Waals surface area contributed by atoms with Crippen molar-refractivity contribution >= 4 is 5.69 Å². The SMILES string of the molecule is CCOCC(O)c1cc(F)ccc1N. The molecule has 1 aromatic rings. The van der Waals surface area contributed by atoms with Crippen molar-refractivity contribution in [3.05, 3.63) is 29.6 Å². The van der Waals surface area contributed by atoms with Crippen LogP contribution in [0.4, 0.5) is 10.1 Å². The highest BCUT2D eigenvalue weighted by Gasteiger charge is 2.11. The molecule has 1 aromatic carbocycles. The maximum absolute atomic E-state index is 12.8. The van der Waals surface area contributed by atoms with E-state index < -0.39 is 11.9 Å². The third-order valence-corrected chi connectivity index (χ3v) is 1.89. The Labute approximate surface area is 82.3 Å². The van der Waals surface area contributed by atoms with Gasteiger partial charge in [-0.1, -0.05) is 0 Å². The van der Waals surface area contributed by atoms with Gasteiger partial charge in [0, 0.05) is 17.9 Å². The number of halogens is 1. The quantitative estimate of drug-likeness (QED) is 0.722. The average molecular weight is 199 g/mol. The highest BCUT2D eigenvalue weighted by molar-refractivity contribution is 5.47. The molecule has 0 saturated heterocycles. The van der Waals surface area contributed by atoms with Gasteiger partial charge in [0.2, 0.25) is 0 Å². The van der Waals surface area contributed by atoms with Gasteiger partial charge < -0.3 is 15.6 Å². The monoisotopic (exact) mass is 199 g/mol. The highest BCUT2D eigenvalue weighted by Crippen LogP contribution is 2.21. The van der Waals surface area contributed by atoms with Gasteiger partial charge in [0.25, 0.3) is 0 Å². The molecule has 3 N–H and O–H groups in total. The summed E-state index contributed by atoms with van der Waals surface area (Å²) in [6.45, 7) is 2.46. The van der Waals surface area contributed by atoms with Gasteiger partial charge in [-0.25, -0.2) is 4.39 Å². The molecule has 0 aliphatic carbocycles. The molecule has 0 fully saturated rings. The molecule has 1 atom stereocenters. The van der Waals surface area contributed by atoms with Crippen LogP contribution in [0.3, 0.4) is 0 Å². The zero-order valence-corrected chi connectivity index (χ0v) is 8.03. The van der Waals surface area contributed by atoms with Crippen LogP contribution in [0.1, 0.15) is 18.6 Å². The maximum atomic E-state index is 12.8. The number of anilines is 1. The van der Waals surface area contributed by atoms with Crippen molar-refractivity contribution < 1.29 is 14.2 Å². The van der Waals surface area contributed by atoms with E-state index in [2.05, 4.69) is 0 Å². The van der Waals surface area contributed by atoms with Crippen molar-refractivity contribution in [1.29, 1.82) is 0 Å². The van der Waals surface area contributed by atoms with E-state index in [0.717, 1.165) is 0 Å². The highest BCUT2D eigenvalue weighted by atomic mass is 19.1. The first-order chi connectivity index (χ1) is 6.65. The topological polar surface area (TPSA) is 55.5 Å². The zero-order chi connectivity index (χ0) is 10.6. The second-order valence-electron chi connectivity index (χ2n) is 2.95. The van der Waals surface area contributed by atoms with Gasteiger partial charge in [0.15, 0.2) is 0 Å². The Morgan fingerprint density at radius 2 is 2.29 bits per heavy atom. The van der Waals surface area contributed by atoms with Crippen molar-refractivity contribution in [3.8, 4) is 0 Å². The first-order valence-electron chi connectivity index (χ1n) is 4.46. The van der Waals surface area contributed by atoms with Crippen molar-refractivity contribution in [2.75, 3.05) is 18.9 Å². The normalized spacial score (nSPS) is 12.8. The van der Waals surface area contributed by atoms with Gasteiger partial charge in [-0.05, 0) is 25.1 Å². The summed E-state index contributed by atoms with van der Waals surface area (Å²) in [6, 6.07) is 3.91. The van der Waals surface area contributed by atoms with E-state index >= 15 is 0 Å².